The second kappa shape index (κ2) is 3.48. The molecule has 1 aromatic rings. The Balaban J connectivity index is 2.65. The first-order chi connectivity index (χ1) is 7.43. The quantitative estimate of drug-likeness (QED) is 0.727. The Kier molecular flexibility index (Phi) is 2.38. The molecule has 0 aliphatic carbocycles. The number of rotatable bonds is 1. The van der Waals surface area contributed by atoms with Crippen LogP contribution in [0.4, 0.5) is 5.69 Å². The van der Waals surface area contributed by atoms with Crippen LogP contribution in [0.3, 0.4) is 0 Å². The standard InChI is InChI=1S/C14H17NO/c1-9-5-11(8-16)6-12-10(2)7-14(3,4)15-13(9)12/h5-8,15H,1-4H3. The summed E-state index contributed by atoms with van der Waals surface area (Å²) in [6, 6.07) is 3.87. The monoisotopic (exact) mass is 215 g/mol. The zero-order valence-corrected chi connectivity index (χ0v) is 10.2. The molecule has 2 nitrogen and oxygen atoms in total. The lowest BCUT2D eigenvalue weighted by molar-refractivity contribution is 0.112. The van der Waals surface area contributed by atoms with E-state index in [-0.39, 0.29) is 5.54 Å². The molecule has 16 heavy (non-hydrogen) atoms. The second-order valence-corrected chi connectivity index (χ2v) is 5.05. The van der Waals surface area contributed by atoms with Crippen molar-refractivity contribution in [3.8, 4) is 0 Å². The number of anilines is 1. The molecule has 1 aromatic carbocycles. The van der Waals surface area contributed by atoms with E-state index in [4.69, 9.17) is 0 Å². The van der Waals surface area contributed by atoms with Crippen LogP contribution in [0.5, 0.6) is 0 Å². The molecule has 1 aliphatic rings. The van der Waals surface area contributed by atoms with Crippen LogP contribution in [-0.2, 0) is 0 Å². The van der Waals surface area contributed by atoms with E-state index >= 15 is 0 Å². The molecule has 0 spiro atoms. The molecule has 1 aliphatic heterocycles. The largest absolute Gasteiger partial charge is 0.376 e. The van der Waals surface area contributed by atoms with Crippen LogP contribution in [0.25, 0.3) is 5.57 Å². The zero-order valence-electron chi connectivity index (χ0n) is 10.2. The summed E-state index contributed by atoms with van der Waals surface area (Å²) >= 11 is 0. The van der Waals surface area contributed by atoms with Crippen molar-refractivity contribution in [2.75, 3.05) is 5.32 Å². The average Bonchev–Trinajstić information content (AvgIpc) is 2.18. The van der Waals surface area contributed by atoms with Gasteiger partial charge in [-0.2, -0.15) is 0 Å². The van der Waals surface area contributed by atoms with Crippen LogP contribution < -0.4 is 5.32 Å². The Morgan fingerprint density at radius 1 is 1.25 bits per heavy atom. The number of nitrogens with one attached hydrogen (secondary N) is 1. The SMILES string of the molecule is CC1=CC(C)(C)Nc2c(C)cc(C=O)cc21. The van der Waals surface area contributed by atoms with Gasteiger partial charge < -0.3 is 5.32 Å². The van der Waals surface area contributed by atoms with Gasteiger partial charge in [0.05, 0.1) is 5.54 Å². The van der Waals surface area contributed by atoms with E-state index in [1.54, 1.807) is 0 Å². The van der Waals surface area contributed by atoms with Gasteiger partial charge in [0, 0.05) is 16.8 Å². The first-order valence-corrected chi connectivity index (χ1v) is 5.51. The number of carbonyl (C=O) groups excluding carboxylic acids is 1. The molecule has 0 bridgehead atoms. The van der Waals surface area contributed by atoms with Gasteiger partial charge in [0.1, 0.15) is 6.29 Å². The van der Waals surface area contributed by atoms with E-state index < -0.39 is 0 Å². The van der Waals surface area contributed by atoms with Crippen molar-refractivity contribution in [3.05, 3.63) is 34.9 Å². The zero-order chi connectivity index (χ0) is 11.9. The van der Waals surface area contributed by atoms with Crippen molar-refractivity contribution in [2.24, 2.45) is 0 Å². The van der Waals surface area contributed by atoms with Crippen molar-refractivity contribution < 1.29 is 4.79 Å². The molecule has 0 saturated carbocycles. The summed E-state index contributed by atoms with van der Waals surface area (Å²) in [6.45, 7) is 8.42. The smallest absolute Gasteiger partial charge is 0.150 e. The van der Waals surface area contributed by atoms with Crippen LogP contribution >= 0.6 is 0 Å². The van der Waals surface area contributed by atoms with Crippen molar-refractivity contribution in [2.45, 2.75) is 33.2 Å². The van der Waals surface area contributed by atoms with Gasteiger partial charge >= 0.3 is 0 Å². The van der Waals surface area contributed by atoms with E-state index in [0.29, 0.717) is 0 Å². The van der Waals surface area contributed by atoms with E-state index in [9.17, 15) is 4.79 Å². The summed E-state index contributed by atoms with van der Waals surface area (Å²) < 4.78 is 0. The molecule has 0 saturated heterocycles. The summed E-state index contributed by atoms with van der Waals surface area (Å²) in [4.78, 5) is 10.8. The van der Waals surface area contributed by atoms with Crippen LogP contribution in [-0.4, -0.2) is 11.8 Å². The maximum Gasteiger partial charge on any atom is 0.150 e. The minimum atomic E-state index is -0.0233. The molecule has 0 unspecified atom stereocenters. The number of fused-ring (bicyclic) bond motifs is 1. The summed E-state index contributed by atoms with van der Waals surface area (Å²) in [6.07, 6.45) is 3.10. The normalized spacial score (nSPS) is 17.1. The summed E-state index contributed by atoms with van der Waals surface area (Å²) in [5.74, 6) is 0. The summed E-state index contributed by atoms with van der Waals surface area (Å²) in [5.41, 5.74) is 5.36. The summed E-state index contributed by atoms with van der Waals surface area (Å²) in [5, 5.41) is 3.49. The molecule has 0 fully saturated rings. The number of hydrogen-bond donors (Lipinski definition) is 1. The van der Waals surface area contributed by atoms with E-state index in [2.05, 4.69) is 32.2 Å². The predicted molar refractivity (Wildman–Crippen MR) is 67.9 cm³/mol. The van der Waals surface area contributed by atoms with Gasteiger partial charge in [0.25, 0.3) is 0 Å². The highest BCUT2D eigenvalue weighted by molar-refractivity contribution is 5.87. The first kappa shape index (κ1) is 10.9. The van der Waals surface area contributed by atoms with Crippen LogP contribution in [0, 0.1) is 6.92 Å². The topological polar surface area (TPSA) is 29.1 Å². The Hall–Kier alpha value is -1.57. The van der Waals surface area contributed by atoms with Gasteiger partial charge in [-0.1, -0.05) is 6.08 Å². The fourth-order valence-electron chi connectivity index (χ4n) is 2.34. The van der Waals surface area contributed by atoms with Gasteiger partial charge in [0.15, 0.2) is 0 Å². The Bertz CT molecular complexity index is 484. The number of allylic oxidation sites excluding steroid dienone is 1. The number of hydrogen-bond acceptors (Lipinski definition) is 2. The molecule has 2 heteroatoms. The van der Waals surface area contributed by atoms with Gasteiger partial charge in [-0.15, -0.1) is 0 Å². The van der Waals surface area contributed by atoms with Crippen molar-refractivity contribution in [3.63, 3.8) is 0 Å². The maximum absolute atomic E-state index is 10.8. The molecule has 1 N–H and O–H groups in total. The third-order valence-corrected chi connectivity index (χ3v) is 2.94. The van der Waals surface area contributed by atoms with Gasteiger partial charge in [-0.05, 0) is 51.0 Å². The fraction of sp³-hybridized carbons (Fsp3) is 0.357. The third kappa shape index (κ3) is 1.75. The molecule has 0 atom stereocenters. The highest BCUT2D eigenvalue weighted by Gasteiger charge is 2.23. The molecular formula is C14H17NO. The lowest BCUT2D eigenvalue weighted by atomic mass is 9.88. The average molecular weight is 215 g/mol. The fourth-order valence-corrected chi connectivity index (χ4v) is 2.34. The van der Waals surface area contributed by atoms with Crippen LogP contribution in [0.2, 0.25) is 0 Å². The Morgan fingerprint density at radius 3 is 2.56 bits per heavy atom. The highest BCUT2D eigenvalue weighted by Crippen LogP contribution is 2.36. The van der Waals surface area contributed by atoms with Crippen molar-refractivity contribution >= 4 is 17.5 Å². The summed E-state index contributed by atoms with van der Waals surface area (Å²) in [7, 11) is 0. The van der Waals surface area contributed by atoms with Crippen molar-refractivity contribution in [1.82, 2.24) is 0 Å². The number of aryl methyl sites for hydroxylation is 1. The lowest BCUT2D eigenvalue weighted by Crippen LogP contribution is -2.32. The minimum absolute atomic E-state index is 0.0233. The number of carbonyl (C=O) groups is 1. The third-order valence-electron chi connectivity index (χ3n) is 2.94. The second-order valence-electron chi connectivity index (χ2n) is 5.05. The van der Waals surface area contributed by atoms with Crippen LogP contribution in [0.15, 0.2) is 18.2 Å². The molecule has 1 heterocycles. The molecular weight excluding hydrogens is 198 g/mol. The van der Waals surface area contributed by atoms with E-state index in [1.807, 2.05) is 19.1 Å². The maximum atomic E-state index is 10.8. The predicted octanol–water partition coefficient (Wildman–Crippen LogP) is 3.41. The first-order valence-electron chi connectivity index (χ1n) is 5.51. The Labute approximate surface area is 96.4 Å². The lowest BCUT2D eigenvalue weighted by Gasteiger charge is -2.32. The Morgan fingerprint density at radius 2 is 1.94 bits per heavy atom. The minimum Gasteiger partial charge on any atom is -0.376 e. The number of aldehydes is 1. The molecule has 0 amide bonds. The van der Waals surface area contributed by atoms with Gasteiger partial charge in [-0.3, -0.25) is 4.79 Å². The van der Waals surface area contributed by atoms with E-state index in [1.165, 1.54) is 5.57 Å². The van der Waals surface area contributed by atoms with Gasteiger partial charge in [0.2, 0.25) is 0 Å². The van der Waals surface area contributed by atoms with Crippen LogP contribution in [0.1, 0.15) is 42.3 Å². The van der Waals surface area contributed by atoms with Crippen molar-refractivity contribution in [1.29, 1.82) is 0 Å². The highest BCUT2D eigenvalue weighted by atomic mass is 16.1. The number of benzene rings is 1. The van der Waals surface area contributed by atoms with Gasteiger partial charge in [-0.25, -0.2) is 0 Å². The molecule has 0 aromatic heterocycles. The molecule has 0 radical (unpaired) electrons. The van der Waals surface area contributed by atoms with E-state index in [0.717, 1.165) is 28.7 Å². The molecule has 84 valence electrons. The molecule has 2 rings (SSSR count).